The summed E-state index contributed by atoms with van der Waals surface area (Å²) >= 11 is 0. The largest absolute Gasteiger partial charge is 0.476 e. The average Bonchev–Trinajstić information content (AvgIpc) is 2.77. The van der Waals surface area contributed by atoms with E-state index in [0.717, 1.165) is 25.9 Å². The Morgan fingerprint density at radius 3 is 2.56 bits per heavy atom. The maximum Gasteiger partial charge on any atom is 0.356 e. The highest BCUT2D eigenvalue weighted by atomic mass is 16.5. The molecule has 2 heterocycles. The Kier molecular flexibility index (Phi) is 3.93. The summed E-state index contributed by atoms with van der Waals surface area (Å²) in [6, 6.07) is 6.05. The monoisotopic (exact) mass is 335 g/mol. The molecule has 4 rings (SSSR count). The van der Waals surface area contributed by atoms with Crippen molar-refractivity contribution in [2.75, 3.05) is 13.1 Å². The first-order valence-electron chi connectivity index (χ1n) is 8.17. The highest BCUT2D eigenvalue weighted by Crippen LogP contribution is 2.26. The molecule has 0 bridgehead atoms. The third-order valence-corrected chi connectivity index (χ3v) is 4.45. The highest BCUT2D eigenvalue weighted by Gasteiger charge is 2.17. The number of allylic oxidation sites excluding steroid dienone is 3. The second kappa shape index (κ2) is 6.39. The minimum Gasteiger partial charge on any atom is -0.476 e. The van der Waals surface area contributed by atoms with Gasteiger partial charge in [0.2, 0.25) is 5.88 Å². The van der Waals surface area contributed by atoms with Crippen molar-refractivity contribution in [1.82, 2.24) is 14.9 Å². The van der Waals surface area contributed by atoms with E-state index in [1.54, 1.807) is 0 Å². The maximum atomic E-state index is 10.8. The van der Waals surface area contributed by atoms with Gasteiger partial charge in [0.05, 0.1) is 12.4 Å². The van der Waals surface area contributed by atoms with Crippen molar-refractivity contribution in [3.05, 3.63) is 71.3 Å². The molecule has 0 saturated heterocycles. The fourth-order valence-electron chi connectivity index (χ4n) is 3.02. The number of hydrogen-bond acceptors (Lipinski definition) is 5. The van der Waals surface area contributed by atoms with Gasteiger partial charge in [-0.05, 0) is 48.3 Å². The Morgan fingerprint density at radius 2 is 1.92 bits per heavy atom. The van der Waals surface area contributed by atoms with Gasteiger partial charge in [-0.15, -0.1) is 0 Å². The number of aromatic nitrogens is 2. The van der Waals surface area contributed by atoms with Crippen LogP contribution in [0.4, 0.5) is 0 Å². The molecule has 25 heavy (non-hydrogen) atoms. The molecular formula is C19H17N3O3. The molecule has 1 aliphatic heterocycles. The second-order valence-corrected chi connectivity index (χ2v) is 6.02. The Hall–Kier alpha value is -3.15. The van der Waals surface area contributed by atoms with Crippen molar-refractivity contribution >= 4 is 5.97 Å². The molecule has 0 saturated carbocycles. The quantitative estimate of drug-likeness (QED) is 0.926. The van der Waals surface area contributed by atoms with Crippen LogP contribution in [0.1, 0.15) is 21.6 Å². The third-order valence-electron chi connectivity index (χ3n) is 4.45. The molecule has 6 nitrogen and oxygen atoms in total. The number of ether oxygens (including phenoxy) is 1. The molecule has 1 aromatic carbocycles. The van der Waals surface area contributed by atoms with E-state index in [1.165, 1.54) is 29.2 Å². The number of carbonyl (C=O) groups is 1. The van der Waals surface area contributed by atoms with Crippen molar-refractivity contribution < 1.29 is 14.6 Å². The predicted octanol–water partition coefficient (Wildman–Crippen LogP) is 2.82. The standard InChI is InChI=1S/C19H17N3O3/c23-19(24)17-11-21-18(12-20-17)25-16-5-4-13-6-8-22(15-2-1-3-15)9-7-14(13)10-16/h1-5,10-12H,6-9H2,(H,23,24). The summed E-state index contributed by atoms with van der Waals surface area (Å²) < 4.78 is 5.72. The summed E-state index contributed by atoms with van der Waals surface area (Å²) in [4.78, 5) is 21.0. The summed E-state index contributed by atoms with van der Waals surface area (Å²) in [5.74, 6) is -0.137. The first kappa shape index (κ1) is 15.4. The van der Waals surface area contributed by atoms with Crippen molar-refractivity contribution in [2.45, 2.75) is 12.8 Å². The number of nitrogens with zero attached hydrogens (tertiary/aromatic N) is 3. The number of hydrogen-bond donors (Lipinski definition) is 1. The molecule has 0 amide bonds. The Bertz CT molecular complexity index is 872. The zero-order valence-electron chi connectivity index (χ0n) is 13.6. The molecule has 0 unspecified atom stereocenters. The molecule has 1 aliphatic carbocycles. The lowest BCUT2D eigenvalue weighted by Crippen LogP contribution is -2.26. The lowest BCUT2D eigenvalue weighted by Gasteiger charge is -2.26. The topological polar surface area (TPSA) is 75.6 Å². The third kappa shape index (κ3) is 3.24. The van der Waals surface area contributed by atoms with E-state index in [9.17, 15) is 4.79 Å². The van der Waals surface area contributed by atoms with Gasteiger partial charge in [-0.1, -0.05) is 12.1 Å². The molecule has 0 spiro atoms. The number of aromatic carboxylic acids is 1. The Labute approximate surface area is 145 Å². The lowest BCUT2D eigenvalue weighted by molar-refractivity contribution is 0.0690. The summed E-state index contributed by atoms with van der Waals surface area (Å²) in [6.07, 6.45) is 10.8. The van der Waals surface area contributed by atoms with Crippen LogP contribution in [0.5, 0.6) is 11.6 Å². The zero-order chi connectivity index (χ0) is 17.2. The first-order chi connectivity index (χ1) is 12.2. The first-order valence-corrected chi connectivity index (χ1v) is 8.17. The number of rotatable bonds is 4. The van der Waals surface area contributed by atoms with E-state index >= 15 is 0 Å². The fraction of sp³-hybridized carbons (Fsp3) is 0.211. The molecule has 2 aliphatic rings. The smallest absolute Gasteiger partial charge is 0.356 e. The van der Waals surface area contributed by atoms with E-state index in [-0.39, 0.29) is 11.6 Å². The van der Waals surface area contributed by atoms with Crippen LogP contribution >= 0.6 is 0 Å². The summed E-state index contributed by atoms with van der Waals surface area (Å²) in [5, 5.41) is 8.85. The van der Waals surface area contributed by atoms with Crippen LogP contribution in [0.25, 0.3) is 0 Å². The van der Waals surface area contributed by atoms with E-state index in [4.69, 9.17) is 9.84 Å². The van der Waals surface area contributed by atoms with Gasteiger partial charge in [0, 0.05) is 18.8 Å². The minimum atomic E-state index is -1.11. The predicted molar refractivity (Wildman–Crippen MR) is 91.7 cm³/mol. The summed E-state index contributed by atoms with van der Waals surface area (Å²) in [6.45, 7) is 2.01. The molecule has 126 valence electrons. The van der Waals surface area contributed by atoms with E-state index in [1.807, 2.05) is 12.1 Å². The van der Waals surface area contributed by atoms with Gasteiger partial charge in [-0.3, -0.25) is 0 Å². The van der Waals surface area contributed by atoms with Crippen molar-refractivity contribution in [3.63, 3.8) is 0 Å². The van der Waals surface area contributed by atoms with Gasteiger partial charge in [-0.25, -0.2) is 14.8 Å². The van der Waals surface area contributed by atoms with Crippen LogP contribution in [-0.4, -0.2) is 39.0 Å². The summed E-state index contributed by atoms with van der Waals surface area (Å²) in [5.41, 5.74) is 3.82. The normalized spacial score (nSPS) is 15.7. The van der Waals surface area contributed by atoms with Crippen LogP contribution in [0.2, 0.25) is 0 Å². The van der Waals surface area contributed by atoms with Gasteiger partial charge in [0.1, 0.15) is 5.75 Å². The zero-order valence-corrected chi connectivity index (χ0v) is 13.6. The van der Waals surface area contributed by atoms with E-state index < -0.39 is 5.97 Å². The molecular weight excluding hydrogens is 318 g/mol. The maximum absolute atomic E-state index is 10.8. The van der Waals surface area contributed by atoms with E-state index in [0.29, 0.717) is 5.75 Å². The Morgan fingerprint density at radius 1 is 1.12 bits per heavy atom. The lowest BCUT2D eigenvalue weighted by atomic mass is 10.0. The number of benzene rings is 1. The van der Waals surface area contributed by atoms with Gasteiger partial charge >= 0.3 is 5.97 Å². The number of carboxylic acid groups (broad SMARTS) is 1. The summed E-state index contributed by atoms with van der Waals surface area (Å²) in [7, 11) is 0. The second-order valence-electron chi connectivity index (χ2n) is 6.02. The fourth-order valence-corrected chi connectivity index (χ4v) is 3.02. The van der Waals surface area contributed by atoms with Crippen molar-refractivity contribution in [1.29, 1.82) is 0 Å². The molecule has 1 N–H and O–H groups in total. The average molecular weight is 335 g/mol. The van der Waals surface area contributed by atoms with Gasteiger partial charge in [0.15, 0.2) is 5.69 Å². The SMILES string of the molecule is O=C(O)c1cnc(Oc2ccc3c(c2)CCN(C2=CC=C2)CC3)cn1. The molecule has 1 aromatic heterocycles. The van der Waals surface area contributed by atoms with Crippen molar-refractivity contribution in [2.24, 2.45) is 0 Å². The molecule has 0 radical (unpaired) electrons. The molecule has 0 atom stereocenters. The van der Waals surface area contributed by atoms with Crippen molar-refractivity contribution in [3.8, 4) is 11.6 Å². The Balaban J connectivity index is 1.48. The van der Waals surface area contributed by atoms with Gasteiger partial charge in [-0.2, -0.15) is 0 Å². The van der Waals surface area contributed by atoms with Crippen LogP contribution in [0.15, 0.2) is 54.5 Å². The van der Waals surface area contributed by atoms with Crippen LogP contribution < -0.4 is 4.74 Å². The van der Waals surface area contributed by atoms with Crippen LogP contribution in [0.3, 0.4) is 0 Å². The van der Waals surface area contributed by atoms with Crippen LogP contribution in [-0.2, 0) is 12.8 Å². The van der Waals surface area contributed by atoms with E-state index in [2.05, 4.69) is 39.2 Å². The number of fused-ring (bicyclic) bond motifs is 1. The molecule has 0 fully saturated rings. The van der Waals surface area contributed by atoms with Crippen LogP contribution in [0, 0.1) is 0 Å². The van der Waals surface area contributed by atoms with Gasteiger partial charge < -0.3 is 14.7 Å². The van der Waals surface area contributed by atoms with Gasteiger partial charge in [0.25, 0.3) is 0 Å². The number of carboxylic acids is 1. The molecule has 6 heteroatoms. The molecule has 2 aromatic rings. The minimum absolute atomic E-state index is 0.103. The highest BCUT2D eigenvalue weighted by molar-refractivity contribution is 5.84.